The van der Waals surface area contributed by atoms with Crippen LogP contribution in [0.5, 0.6) is 0 Å². The number of nitrogens with zero attached hydrogens (tertiary/aromatic N) is 8. The maximum Gasteiger partial charge on any atom is 0.341 e. The van der Waals surface area contributed by atoms with Gasteiger partial charge in [-0.2, -0.15) is 19.6 Å². The average molecular weight is 1130 g/mol. The van der Waals surface area contributed by atoms with Crippen LogP contribution in [0.15, 0.2) is 97.3 Å². The van der Waals surface area contributed by atoms with Gasteiger partial charge in [-0.1, -0.05) is 72.8 Å². The summed E-state index contributed by atoms with van der Waals surface area (Å²) < 4.78 is 3.17. The van der Waals surface area contributed by atoms with E-state index in [-0.39, 0.29) is 23.2 Å². The number of fused-ring (bicyclic) bond motifs is 2. The molecule has 84 heavy (non-hydrogen) atoms. The molecule has 6 heterocycles. The molecule has 4 aliphatic rings. The van der Waals surface area contributed by atoms with Crippen LogP contribution in [0.2, 0.25) is 0 Å². The van der Waals surface area contributed by atoms with Gasteiger partial charge in [0.2, 0.25) is 11.8 Å². The highest BCUT2D eigenvalue weighted by Crippen LogP contribution is 2.45. The first-order valence-electron chi connectivity index (χ1n) is 30.1. The van der Waals surface area contributed by atoms with Gasteiger partial charge >= 0.3 is 5.97 Å². The number of nitrogens with two attached hydrogens (primary N) is 2. The number of piperidine rings is 2. The fraction of sp³-hybridized carbons (Fsp3) is 0.386. The number of carbonyl (C=O) groups excluding carboxylic acids is 2. The van der Waals surface area contributed by atoms with Crippen LogP contribution >= 0.6 is 0 Å². The topological polar surface area (TPSA) is 191 Å². The molecule has 0 saturated carbocycles. The summed E-state index contributed by atoms with van der Waals surface area (Å²) in [5, 5.41) is 18.2. The Bertz CT molecular complexity index is 3860. The molecule has 8 aromatic rings. The van der Waals surface area contributed by atoms with Gasteiger partial charge in [0.25, 0.3) is 0 Å². The number of benzene rings is 4. The maximum atomic E-state index is 11.8. The second kappa shape index (κ2) is 23.7. The molecule has 2 saturated heterocycles. The Morgan fingerprint density at radius 1 is 0.512 bits per heavy atom. The number of aromatic nitrogens is 6. The van der Waals surface area contributed by atoms with E-state index in [1.165, 1.54) is 83.2 Å². The molecule has 2 aliphatic heterocycles. The van der Waals surface area contributed by atoms with E-state index in [1.54, 1.807) is 24.7 Å². The number of aryl methyl sites for hydroxylation is 5. The number of carbonyl (C=O) groups is 3. The van der Waals surface area contributed by atoms with Crippen molar-refractivity contribution in [3.05, 3.63) is 186 Å². The van der Waals surface area contributed by atoms with Crippen molar-refractivity contribution in [2.45, 2.75) is 150 Å². The van der Waals surface area contributed by atoms with E-state index < -0.39 is 5.97 Å². The molecule has 2 unspecified atom stereocenters. The highest BCUT2D eigenvalue weighted by Gasteiger charge is 2.32. The Kier molecular flexibility index (Phi) is 16.2. The third-order valence-corrected chi connectivity index (χ3v) is 19.4. The molecule has 12 rings (SSSR count). The predicted molar refractivity (Wildman–Crippen MR) is 333 cm³/mol. The number of carboxylic acid groups (broad SMARTS) is 1. The number of pyridine rings is 2. The van der Waals surface area contributed by atoms with Crippen molar-refractivity contribution in [2.24, 2.45) is 0 Å². The Labute approximate surface area is 494 Å². The first-order chi connectivity index (χ1) is 40.4. The van der Waals surface area contributed by atoms with Crippen LogP contribution in [0.4, 0.5) is 11.6 Å². The van der Waals surface area contributed by atoms with Crippen molar-refractivity contribution in [3.8, 4) is 34.2 Å². The minimum Gasteiger partial charge on any atom is -0.477 e. The molecular weight excluding hydrogens is 1040 g/mol. The van der Waals surface area contributed by atoms with Gasteiger partial charge in [0.05, 0.1) is 23.8 Å². The lowest BCUT2D eigenvalue weighted by molar-refractivity contribution is -0.130. The fourth-order valence-electron chi connectivity index (χ4n) is 14.2. The van der Waals surface area contributed by atoms with Gasteiger partial charge in [0.1, 0.15) is 17.2 Å². The van der Waals surface area contributed by atoms with Crippen LogP contribution in [0.25, 0.3) is 34.2 Å². The largest absolute Gasteiger partial charge is 0.477 e. The quantitative estimate of drug-likeness (QED) is 0.112. The summed E-state index contributed by atoms with van der Waals surface area (Å²) in [6.07, 6.45) is 13.6. The normalized spacial score (nSPS) is 17.0. The number of aromatic carboxylic acids is 1. The van der Waals surface area contributed by atoms with Crippen molar-refractivity contribution < 1.29 is 19.5 Å². The van der Waals surface area contributed by atoms with Gasteiger partial charge < -0.3 is 26.4 Å². The summed E-state index contributed by atoms with van der Waals surface area (Å²) in [5.41, 5.74) is 36.4. The van der Waals surface area contributed by atoms with Gasteiger partial charge in [-0.25, -0.2) is 14.8 Å². The molecule has 5 N–H and O–H groups in total. The molecule has 4 aromatic carbocycles. The first-order valence-corrected chi connectivity index (χ1v) is 30.1. The molecule has 2 atom stereocenters. The number of hydrogen-bond acceptors (Lipinski definition) is 9. The van der Waals surface area contributed by atoms with Crippen LogP contribution in [0.1, 0.15) is 170 Å². The summed E-state index contributed by atoms with van der Waals surface area (Å²) in [6, 6.07) is 30.9. The SMILES string of the molecule is CC(=O)N1CCC(c2ccc(CC3CCc4cccc(-c5ccc(C)c(-n6ncc(C(=O)O)c6N)n5)c43)c(C)c2C)CC1.CC(=O)N1CCC(c2ccc(CC3CCc4cccc(-c5ccc(C)c(-n6ncc(C)c6N)n5)c43)c(C)c2C)CC1. The van der Waals surface area contributed by atoms with Crippen LogP contribution < -0.4 is 11.5 Å². The fourth-order valence-corrected chi connectivity index (χ4v) is 14.2. The Hall–Kier alpha value is -8.39. The number of likely N-dealkylation sites (tertiary alicyclic amines) is 2. The highest BCUT2D eigenvalue weighted by atomic mass is 16.4. The summed E-state index contributed by atoms with van der Waals surface area (Å²) in [5.74, 6) is 3.13. The number of rotatable bonds is 11. The Morgan fingerprint density at radius 3 is 1.33 bits per heavy atom. The molecule has 0 bridgehead atoms. The summed E-state index contributed by atoms with van der Waals surface area (Å²) in [4.78, 5) is 49.2. The van der Waals surface area contributed by atoms with Crippen LogP contribution in [-0.4, -0.2) is 88.4 Å². The molecule has 434 valence electrons. The minimum atomic E-state index is -1.11. The van der Waals surface area contributed by atoms with Crippen molar-refractivity contribution >= 4 is 29.4 Å². The van der Waals surface area contributed by atoms with Gasteiger partial charge in [0, 0.05) is 56.7 Å². The van der Waals surface area contributed by atoms with Crippen molar-refractivity contribution in [1.82, 2.24) is 39.3 Å². The standard InChI is InChI=1S/C35H39N5O3.C35H41N5O/c1-20-8-13-31(38-34(20)40-33(36)30(19-37-40)35(42)43)29-7-5-6-25-9-10-27(32(25)29)18-26-11-12-28(22(3)21(26)2)24-14-16-39(17-15-24)23(4)41;1-21-9-14-32(38-35(21)40-34(36)22(2)20-37-40)31-8-6-7-27-10-11-29(33(27)31)19-28-12-13-30(24(4)23(28)3)26-15-17-39(18-16-26)25(5)41/h5-8,11-13,19,24,27H,9-10,14-18,36H2,1-4H3,(H,42,43);6-9,12-14,20,26,29H,10-11,15-19,36H2,1-5H3. The first kappa shape index (κ1) is 57.4. The molecule has 2 amide bonds. The summed E-state index contributed by atoms with van der Waals surface area (Å²) >= 11 is 0. The van der Waals surface area contributed by atoms with E-state index in [4.69, 9.17) is 21.4 Å². The lowest BCUT2D eigenvalue weighted by Crippen LogP contribution is -2.36. The molecule has 2 aliphatic carbocycles. The number of carboxylic acids is 1. The third-order valence-electron chi connectivity index (χ3n) is 19.4. The van der Waals surface area contributed by atoms with E-state index in [1.807, 2.05) is 35.8 Å². The summed E-state index contributed by atoms with van der Waals surface area (Å²) in [6.45, 7) is 21.8. The van der Waals surface area contributed by atoms with Gasteiger partial charge in [-0.3, -0.25) is 9.59 Å². The lowest BCUT2D eigenvalue weighted by atomic mass is 9.82. The Morgan fingerprint density at radius 2 is 0.940 bits per heavy atom. The second-order valence-corrected chi connectivity index (χ2v) is 24.3. The number of amides is 2. The van der Waals surface area contributed by atoms with Crippen LogP contribution in [0.3, 0.4) is 0 Å². The van der Waals surface area contributed by atoms with Crippen LogP contribution in [0, 0.1) is 48.5 Å². The van der Waals surface area contributed by atoms with E-state index >= 15 is 0 Å². The lowest BCUT2D eigenvalue weighted by Gasteiger charge is -2.32. The number of hydrogen-bond donors (Lipinski definition) is 3. The molecule has 4 aromatic heterocycles. The van der Waals surface area contributed by atoms with Gasteiger partial charge in [-0.15, -0.1) is 0 Å². The number of nitrogen functional groups attached to an aromatic ring is 2. The second-order valence-electron chi connectivity index (χ2n) is 24.3. The zero-order valence-electron chi connectivity index (χ0n) is 50.4. The van der Waals surface area contributed by atoms with Crippen molar-refractivity contribution in [3.63, 3.8) is 0 Å². The van der Waals surface area contributed by atoms with E-state index in [9.17, 15) is 19.5 Å². The van der Waals surface area contributed by atoms with E-state index in [2.05, 4.69) is 118 Å². The molecule has 0 spiro atoms. The van der Waals surface area contributed by atoms with Crippen molar-refractivity contribution in [1.29, 1.82) is 0 Å². The monoisotopic (exact) mass is 1120 g/mol. The molecular formula is C70H80N10O4. The van der Waals surface area contributed by atoms with Crippen LogP contribution in [-0.2, 0) is 35.3 Å². The predicted octanol–water partition coefficient (Wildman–Crippen LogP) is 12.9. The van der Waals surface area contributed by atoms with E-state index in [0.29, 0.717) is 35.3 Å². The smallest absolute Gasteiger partial charge is 0.341 e. The molecule has 2 fully saturated rings. The highest BCUT2D eigenvalue weighted by molar-refractivity contribution is 5.92. The molecule has 14 heteroatoms. The maximum absolute atomic E-state index is 11.8. The van der Waals surface area contributed by atoms with Crippen molar-refractivity contribution in [2.75, 3.05) is 37.6 Å². The van der Waals surface area contributed by atoms with E-state index in [0.717, 1.165) is 130 Å². The Balaban J connectivity index is 0.000000176. The third kappa shape index (κ3) is 11.0. The zero-order chi connectivity index (χ0) is 59.2. The average Bonchev–Trinajstić information content (AvgIpc) is 3.89. The summed E-state index contributed by atoms with van der Waals surface area (Å²) in [7, 11) is 0. The van der Waals surface area contributed by atoms with Gasteiger partial charge in [0.15, 0.2) is 11.6 Å². The van der Waals surface area contributed by atoms with Gasteiger partial charge in [-0.05, 0) is 226 Å². The zero-order valence-corrected chi connectivity index (χ0v) is 50.4. The molecule has 14 nitrogen and oxygen atoms in total. The molecule has 0 radical (unpaired) electrons. The minimum absolute atomic E-state index is 0.0366. The number of anilines is 2.